The van der Waals surface area contributed by atoms with Crippen molar-refractivity contribution in [2.24, 2.45) is 0 Å². The van der Waals surface area contributed by atoms with Crippen molar-refractivity contribution in [2.75, 3.05) is 38.1 Å². The van der Waals surface area contributed by atoms with E-state index in [0.29, 0.717) is 31.1 Å². The van der Waals surface area contributed by atoms with E-state index in [4.69, 9.17) is 4.74 Å². The summed E-state index contributed by atoms with van der Waals surface area (Å²) in [6.07, 6.45) is 0. The van der Waals surface area contributed by atoms with Crippen LogP contribution in [0.2, 0.25) is 0 Å². The normalized spacial score (nSPS) is 15.6. The van der Waals surface area contributed by atoms with Crippen LogP contribution in [0.4, 0.5) is 5.69 Å². The molecule has 20 heavy (non-hydrogen) atoms. The number of piperazine rings is 1. The Hall–Kier alpha value is -2.08. The predicted octanol–water partition coefficient (Wildman–Crippen LogP) is 0.456. The van der Waals surface area contributed by atoms with Gasteiger partial charge in [-0.2, -0.15) is 0 Å². The van der Waals surface area contributed by atoms with Gasteiger partial charge < -0.3 is 15.4 Å². The second-order valence-corrected chi connectivity index (χ2v) is 4.54. The molecule has 6 heteroatoms. The minimum atomic E-state index is -0.146. The predicted molar refractivity (Wildman–Crippen MR) is 75.7 cm³/mol. The maximum absolute atomic E-state index is 12.0. The van der Waals surface area contributed by atoms with E-state index in [1.165, 1.54) is 0 Å². The lowest BCUT2D eigenvalue weighted by Gasteiger charge is -2.25. The molecule has 2 rings (SSSR count). The number of hydrogen-bond donors (Lipinski definition) is 2. The number of para-hydroxylation sites is 2. The third-order valence-electron chi connectivity index (χ3n) is 2.95. The largest absolute Gasteiger partial charge is 0.492 e. The highest BCUT2D eigenvalue weighted by atomic mass is 16.5. The van der Waals surface area contributed by atoms with Crippen LogP contribution >= 0.6 is 0 Å². The Balaban J connectivity index is 1.92. The lowest BCUT2D eigenvalue weighted by molar-refractivity contribution is -0.125. The van der Waals surface area contributed by atoms with E-state index in [9.17, 15) is 9.59 Å². The summed E-state index contributed by atoms with van der Waals surface area (Å²) in [6.45, 7) is 4.17. The molecule has 2 amide bonds. The van der Waals surface area contributed by atoms with E-state index in [1.54, 1.807) is 6.07 Å². The summed E-state index contributed by atoms with van der Waals surface area (Å²) < 4.78 is 5.45. The number of nitrogens with zero attached hydrogens (tertiary/aromatic N) is 1. The molecular weight excluding hydrogens is 258 g/mol. The molecule has 0 radical (unpaired) electrons. The highest BCUT2D eigenvalue weighted by molar-refractivity contribution is 5.94. The second-order valence-electron chi connectivity index (χ2n) is 4.54. The van der Waals surface area contributed by atoms with Crippen LogP contribution in [0.5, 0.6) is 5.75 Å². The van der Waals surface area contributed by atoms with Gasteiger partial charge in [-0.05, 0) is 19.1 Å². The van der Waals surface area contributed by atoms with Crippen molar-refractivity contribution in [1.82, 2.24) is 10.2 Å². The molecule has 0 unspecified atom stereocenters. The Morgan fingerprint density at radius 1 is 1.45 bits per heavy atom. The molecule has 1 aromatic carbocycles. The summed E-state index contributed by atoms with van der Waals surface area (Å²) in [5, 5.41) is 5.55. The number of benzene rings is 1. The van der Waals surface area contributed by atoms with E-state index in [-0.39, 0.29) is 24.9 Å². The Labute approximate surface area is 118 Å². The number of rotatable bonds is 5. The third-order valence-corrected chi connectivity index (χ3v) is 2.95. The van der Waals surface area contributed by atoms with Gasteiger partial charge in [0.2, 0.25) is 11.8 Å². The third kappa shape index (κ3) is 3.96. The Morgan fingerprint density at radius 3 is 3.00 bits per heavy atom. The standard InChI is InChI=1S/C14H19N3O3/c1-2-20-12-6-4-3-5-11(12)16-14(19)10-17-8-7-15-13(18)9-17/h3-6H,2,7-10H2,1H3,(H,15,18)(H,16,19). The summed E-state index contributed by atoms with van der Waals surface area (Å²) in [5.74, 6) is 0.463. The highest BCUT2D eigenvalue weighted by Gasteiger charge is 2.19. The SMILES string of the molecule is CCOc1ccccc1NC(=O)CN1CCNC(=O)C1. The first-order chi connectivity index (χ1) is 9.69. The van der Waals surface area contributed by atoms with Crippen molar-refractivity contribution >= 4 is 17.5 Å². The van der Waals surface area contributed by atoms with Crippen molar-refractivity contribution in [3.63, 3.8) is 0 Å². The molecular formula is C14H19N3O3. The summed E-state index contributed by atoms with van der Waals surface area (Å²) in [5.41, 5.74) is 0.654. The topological polar surface area (TPSA) is 70.7 Å². The zero-order chi connectivity index (χ0) is 14.4. The van der Waals surface area contributed by atoms with Crippen LogP contribution in [-0.2, 0) is 9.59 Å². The monoisotopic (exact) mass is 277 g/mol. The van der Waals surface area contributed by atoms with Crippen molar-refractivity contribution in [3.8, 4) is 5.75 Å². The molecule has 0 aromatic heterocycles. The van der Waals surface area contributed by atoms with Gasteiger partial charge in [-0.15, -0.1) is 0 Å². The molecule has 1 heterocycles. The average molecular weight is 277 g/mol. The first-order valence-corrected chi connectivity index (χ1v) is 6.69. The number of carbonyl (C=O) groups excluding carboxylic acids is 2. The molecule has 6 nitrogen and oxygen atoms in total. The highest BCUT2D eigenvalue weighted by Crippen LogP contribution is 2.23. The molecule has 108 valence electrons. The smallest absolute Gasteiger partial charge is 0.238 e. The van der Waals surface area contributed by atoms with E-state index in [2.05, 4.69) is 10.6 Å². The van der Waals surface area contributed by atoms with Gasteiger partial charge in [0.1, 0.15) is 5.75 Å². The number of hydrogen-bond acceptors (Lipinski definition) is 4. The fourth-order valence-corrected chi connectivity index (χ4v) is 2.07. The molecule has 0 spiro atoms. The first kappa shape index (κ1) is 14.3. The van der Waals surface area contributed by atoms with Gasteiger partial charge in [0, 0.05) is 13.1 Å². The summed E-state index contributed by atoms with van der Waals surface area (Å²) in [7, 11) is 0. The van der Waals surface area contributed by atoms with Crippen LogP contribution in [-0.4, -0.2) is 49.5 Å². The van der Waals surface area contributed by atoms with Gasteiger partial charge >= 0.3 is 0 Å². The number of amides is 2. The van der Waals surface area contributed by atoms with Gasteiger partial charge in [0.15, 0.2) is 0 Å². The molecule has 1 fully saturated rings. The minimum Gasteiger partial charge on any atom is -0.492 e. The molecule has 0 bridgehead atoms. The van der Waals surface area contributed by atoms with Gasteiger partial charge in [0.25, 0.3) is 0 Å². The molecule has 0 atom stereocenters. The molecule has 2 N–H and O–H groups in total. The van der Waals surface area contributed by atoms with Gasteiger partial charge in [-0.25, -0.2) is 0 Å². The van der Waals surface area contributed by atoms with E-state index in [0.717, 1.165) is 0 Å². The quantitative estimate of drug-likeness (QED) is 0.820. The average Bonchev–Trinajstić information content (AvgIpc) is 2.41. The Morgan fingerprint density at radius 2 is 2.25 bits per heavy atom. The molecule has 1 saturated heterocycles. The van der Waals surface area contributed by atoms with Crippen molar-refractivity contribution in [3.05, 3.63) is 24.3 Å². The lowest BCUT2D eigenvalue weighted by atomic mass is 10.3. The number of ether oxygens (including phenoxy) is 1. The fraction of sp³-hybridized carbons (Fsp3) is 0.429. The lowest BCUT2D eigenvalue weighted by Crippen LogP contribution is -2.49. The maximum Gasteiger partial charge on any atom is 0.238 e. The van der Waals surface area contributed by atoms with Crippen LogP contribution < -0.4 is 15.4 Å². The van der Waals surface area contributed by atoms with Crippen molar-refractivity contribution < 1.29 is 14.3 Å². The minimum absolute atomic E-state index is 0.0428. The molecule has 1 aromatic rings. The van der Waals surface area contributed by atoms with E-state index < -0.39 is 0 Å². The second kappa shape index (κ2) is 6.91. The Bertz CT molecular complexity index is 490. The zero-order valence-corrected chi connectivity index (χ0v) is 11.5. The van der Waals surface area contributed by atoms with Crippen molar-refractivity contribution in [1.29, 1.82) is 0 Å². The van der Waals surface area contributed by atoms with Crippen LogP contribution in [0.1, 0.15) is 6.92 Å². The zero-order valence-electron chi connectivity index (χ0n) is 11.5. The van der Waals surface area contributed by atoms with E-state index in [1.807, 2.05) is 30.0 Å². The molecule has 1 aliphatic heterocycles. The summed E-state index contributed by atoms with van der Waals surface area (Å²) in [4.78, 5) is 25.1. The van der Waals surface area contributed by atoms with Gasteiger partial charge in [-0.3, -0.25) is 14.5 Å². The summed E-state index contributed by atoms with van der Waals surface area (Å²) >= 11 is 0. The Kier molecular flexibility index (Phi) is 4.95. The van der Waals surface area contributed by atoms with Gasteiger partial charge in [0.05, 0.1) is 25.4 Å². The van der Waals surface area contributed by atoms with Crippen molar-refractivity contribution in [2.45, 2.75) is 6.92 Å². The van der Waals surface area contributed by atoms with Crippen LogP contribution in [0.25, 0.3) is 0 Å². The molecule has 1 aliphatic rings. The maximum atomic E-state index is 12.0. The fourth-order valence-electron chi connectivity index (χ4n) is 2.07. The van der Waals surface area contributed by atoms with Crippen LogP contribution in [0, 0.1) is 0 Å². The van der Waals surface area contributed by atoms with Gasteiger partial charge in [-0.1, -0.05) is 12.1 Å². The molecule has 0 saturated carbocycles. The first-order valence-electron chi connectivity index (χ1n) is 6.69. The number of carbonyl (C=O) groups is 2. The van der Waals surface area contributed by atoms with Crippen LogP contribution in [0.15, 0.2) is 24.3 Å². The summed E-state index contributed by atoms with van der Waals surface area (Å²) in [6, 6.07) is 7.31. The number of nitrogens with one attached hydrogen (secondary N) is 2. The van der Waals surface area contributed by atoms with Crippen LogP contribution in [0.3, 0.4) is 0 Å². The molecule has 0 aliphatic carbocycles. The van der Waals surface area contributed by atoms with E-state index >= 15 is 0 Å². The number of anilines is 1.